The zero-order valence-corrected chi connectivity index (χ0v) is 17.3. The Bertz CT molecular complexity index is 1510. The minimum absolute atomic E-state index is 0.660. The lowest BCUT2D eigenvalue weighted by molar-refractivity contribution is 1.48. The Morgan fingerprint density at radius 1 is 0.484 bits per heavy atom. The highest BCUT2D eigenvalue weighted by Gasteiger charge is 2.24. The molecule has 0 saturated heterocycles. The van der Waals surface area contributed by atoms with E-state index in [4.69, 9.17) is 16.9 Å². The maximum atomic E-state index is 9.15. The van der Waals surface area contributed by atoms with E-state index in [9.17, 15) is 0 Å². The topological polar surface area (TPSA) is 23.8 Å². The van der Waals surface area contributed by atoms with Gasteiger partial charge in [0.25, 0.3) is 0 Å². The van der Waals surface area contributed by atoms with Crippen molar-refractivity contribution in [3.05, 3.63) is 108 Å². The number of nitrogens with zero attached hydrogens (tertiary/aromatic N) is 1. The average molecular weight is 414 g/mol. The summed E-state index contributed by atoms with van der Waals surface area (Å²) in [5, 5.41) is 12.2. The van der Waals surface area contributed by atoms with Crippen LogP contribution in [-0.2, 0) is 0 Å². The van der Waals surface area contributed by atoms with Gasteiger partial charge in [0.1, 0.15) is 0 Å². The number of nitriles is 1. The molecule has 0 N–H and O–H groups in total. The van der Waals surface area contributed by atoms with E-state index in [0.717, 1.165) is 32.7 Å². The van der Waals surface area contributed by atoms with Crippen LogP contribution in [0, 0.1) is 11.3 Å². The van der Waals surface area contributed by atoms with E-state index in [1.165, 1.54) is 27.6 Å². The van der Waals surface area contributed by atoms with Crippen LogP contribution in [0.25, 0.3) is 55.3 Å². The van der Waals surface area contributed by atoms with Crippen LogP contribution in [0.3, 0.4) is 0 Å². The highest BCUT2D eigenvalue weighted by Crippen LogP contribution is 2.51. The van der Waals surface area contributed by atoms with Crippen LogP contribution in [0.4, 0.5) is 0 Å². The summed E-state index contributed by atoms with van der Waals surface area (Å²) < 4.78 is 0. The van der Waals surface area contributed by atoms with Crippen LogP contribution in [0.2, 0.25) is 5.02 Å². The molecule has 6 rings (SSSR count). The second-order valence-electron chi connectivity index (χ2n) is 7.79. The van der Waals surface area contributed by atoms with Crippen LogP contribution in [0.5, 0.6) is 0 Å². The molecule has 0 bridgehead atoms. The molecule has 5 aromatic carbocycles. The Hall–Kier alpha value is -3.86. The summed E-state index contributed by atoms with van der Waals surface area (Å²) in [6.07, 6.45) is 0. The van der Waals surface area contributed by atoms with Crippen molar-refractivity contribution in [2.75, 3.05) is 0 Å². The van der Waals surface area contributed by atoms with Gasteiger partial charge in [-0.15, -0.1) is 0 Å². The van der Waals surface area contributed by atoms with Crippen molar-refractivity contribution in [2.45, 2.75) is 0 Å². The van der Waals surface area contributed by atoms with Crippen molar-refractivity contribution in [2.24, 2.45) is 0 Å². The molecule has 31 heavy (non-hydrogen) atoms. The maximum Gasteiger partial charge on any atom is 0.0991 e. The van der Waals surface area contributed by atoms with Crippen LogP contribution in [-0.4, -0.2) is 0 Å². The van der Waals surface area contributed by atoms with Crippen molar-refractivity contribution in [1.82, 2.24) is 0 Å². The van der Waals surface area contributed by atoms with E-state index in [2.05, 4.69) is 72.8 Å². The van der Waals surface area contributed by atoms with Gasteiger partial charge in [0.15, 0.2) is 0 Å². The molecule has 0 saturated carbocycles. The second kappa shape index (κ2) is 6.84. The van der Waals surface area contributed by atoms with E-state index in [1.54, 1.807) is 0 Å². The number of hydrogen-bond acceptors (Lipinski definition) is 1. The normalized spacial score (nSPS) is 11.4. The minimum atomic E-state index is 0.660. The Morgan fingerprint density at radius 3 is 1.55 bits per heavy atom. The molecule has 0 unspecified atom stereocenters. The predicted molar refractivity (Wildman–Crippen MR) is 129 cm³/mol. The third-order valence-electron chi connectivity index (χ3n) is 6.16. The molecule has 1 nitrogen and oxygen atoms in total. The van der Waals surface area contributed by atoms with Gasteiger partial charge in [0.2, 0.25) is 0 Å². The second-order valence-corrected chi connectivity index (χ2v) is 8.19. The smallest absolute Gasteiger partial charge is 0.0991 e. The average Bonchev–Trinajstić information content (AvgIpc) is 3.16. The van der Waals surface area contributed by atoms with Crippen LogP contribution < -0.4 is 0 Å². The molecule has 2 heteroatoms. The fourth-order valence-corrected chi connectivity index (χ4v) is 5.03. The van der Waals surface area contributed by atoms with E-state index in [1.807, 2.05) is 30.3 Å². The Labute approximate surface area is 185 Å². The zero-order chi connectivity index (χ0) is 20.9. The molecule has 0 spiro atoms. The van der Waals surface area contributed by atoms with E-state index in [0.29, 0.717) is 5.56 Å². The lowest BCUT2D eigenvalue weighted by atomic mass is 9.89. The molecule has 0 atom stereocenters. The molecule has 0 aliphatic heterocycles. The van der Waals surface area contributed by atoms with Gasteiger partial charge in [-0.3, -0.25) is 0 Å². The SMILES string of the molecule is N#Cc1ccc(-c2ccccc2-c2ccc3c4c(ccc(Cl)c24)-c2ccccc2-3)cc1. The van der Waals surface area contributed by atoms with Crippen LogP contribution >= 0.6 is 11.6 Å². The third-order valence-corrected chi connectivity index (χ3v) is 6.47. The zero-order valence-electron chi connectivity index (χ0n) is 16.6. The standard InChI is InChI=1S/C29H16ClN/c30-27-16-15-25-23-8-4-3-7-22(23)24-13-14-26(29(27)28(24)25)21-6-2-1-5-20(21)19-11-9-18(17-31)10-12-19/h1-16H. The quantitative estimate of drug-likeness (QED) is 0.280. The molecular formula is C29H16ClN. The Morgan fingerprint density at radius 2 is 0.968 bits per heavy atom. The van der Waals surface area contributed by atoms with Crippen LogP contribution in [0.15, 0.2) is 97.1 Å². The Kier molecular flexibility index (Phi) is 3.96. The summed E-state index contributed by atoms with van der Waals surface area (Å²) >= 11 is 6.83. The summed E-state index contributed by atoms with van der Waals surface area (Å²) in [5.41, 5.74) is 10.1. The summed E-state index contributed by atoms with van der Waals surface area (Å²) in [6, 6.07) is 35.4. The van der Waals surface area contributed by atoms with Crippen LogP contribution in [0.1, 0.15) is 5.56 Å². The fourth-order valence-electron chi connectivity index (χ4n) is 4.77. The lowest BCUT2D eigenvalue weighted by Gasteiger charge is -2.15. The van der Waals surface area contributed by atoms with Gasteiger partial charge in [0, 0.05) is 10.4 Å². The molecule has 5 aromatic rings. The first-order valence-corrected chi connectivity index (χ1v) is 10.6. The predicted octanol–water partition coefficient (Wildman–Crippen LogP) is 8.35. The first-order valence-electron chi connectivity index (χ1n) is 10.2. The summed E-state index contributed by atoms with van der Waals surface area (Å²) in [6.45, 7) is 0. The highest BCUT2D eigenvalue weighted by molar-refractivity contribution is 6.39. The number of hydrogen-bond donors (Lipinski definition) is 0. The minimum Gasteiger partial charge on any atom is -0.192 e. The summed E-state index contributed by atoms with van der Waals surface area (Å²) in [4.78, 5) is 0. The number of rotatable bonds is 2. The summed E-state index contributed by atoms with van der Waals surface area (Å²) in [7, 11) is 0. The lowest BCUT2D eigenvalue weighted by Crippen LogP contribution is -1.89. The van der Waals surface area contributed by atoms with Crippen molar-refractivity contribution >= 4 is 22.4 Å². The van der Waals surface area contributed by atoms with Gasteiger partial charge < -0.3 is 0 Å². The molecule has 0 aromatic heterocycles. The monoisotopic (exact) mass is 413 g/mol. The van der Waals surface area contributed by atoms with Crippen molar-refractivity contribution in [1.29, 1.82) is 5.26 Å². The molecule has 0 radical (unpaired) electrons. The van der Waals surface area contributed by atoms with Gasteiger partial charge in [0.05, 0.1) is 11.6 Å². The van der Waals surface area contributed by atoms with E-state index < -0.39 is 0 Å². The van der Waals surface area contributed by atoms with Gasteiger partial charge in [-0.05, 0) is 68.1 Å². The molecule has 1 aliphatic rings. The highest BCUT2D eigenvalue weighted by atomic mass is 35.5. The maximum absolute atomic E-state index is 9.15. The van der Waals surface area contributed by atoms with Gasteiger partial charge in [-0.1, -0.05) is 90.5 Å². The van der Waals surface area contributed by atoms with Gasteiger partial charge in [-0.2, -0.15) is 5.26 Å². The summed E-state index contributed by atoms with van der Waals surface area (Å²) in [5.74, 6) is 0. The van der Waals surface area contributed by atoms with Gasteiger partial charge >= 0.3 is 0 Å². The van der Waals surface area contributed by atoms with Crippen molar-refractivity contribution in [3.63, 3.8) is 0 Å². The largest absolute Gasteiger partial charge is 0.192 e. The molecule has 0 fully saturated rings. The third kappa shape index (κ3) is 2.63. The van der Waals surface area contributed by atoms with Crippen molar-refractivity contribution in [3.8, 4) is 50.6 Å². The number of benzene rings is 5. The van der Waals surface area contributed by atoms with E-state index >= 15 is 0 Å². The van der Waals surface area contributed by atoms with E-state index in [-0.39, 0.29) is 0 Å². The number of halogens is 1. The molecular weight excluding hydrogens is 398 g/mol. The van der Waals surface area contributed by atoms with Crippen molar-refractivity contribution < 1.29 is 0 Å². The molecule has 0 heterocycles. The molecule has 1 aliphatic carbocycles. The van der Waals surface area contributed by atoms with Gasteiger partial charge in [-0.25, -0.2) is 0 Å². The Balaban J connectivity index is 1.65. The number of fused-ring (bicyclic) bond motifs is 3. The molecule has 0 amide bonds. The molecule has 144 valence electrons. The first kappa shape index (κ1) is 18.0. The first-order chi connectivity index (χ1) is 15.3. The fraction of sp³-hybridized carbons (Fsp3) is 0.